The molecular weight excluding hydrogens is 229 g/mol. The van der Waals surface area contributed by atoms with Crippen molar-refractivity contribution in [2.45, 2.75) is 51.0 Å². The molecule has 0 aromatic carbocycles. The largest absolute Gasteiger partial charge is 0.497 e. The van der Waals surface area contributed by atoms with Crippen LogP contribution in [0.15, 0.2) is 0 Å². The molecule has 0 aromatic rings. The van der Waals surface area contributed by atoms with Gasteiger partial charge in [-0.15, -0.1) is 0 Å². The summed E-state index contributed by atoms with van der Waals surface area (Å²) >= 11 is -3.15. The van der Waals surface area contributed by atoms with Crippen molar-refractivity contribution in [3.05, 3.63) is 0 Å². The van der Waals surface area contributed by atoms with Crippen molar-refractivity contribution in [2.75, 3.05) is 6.61 Å². The minimum atomic E-state index is -4.75. The summed E-state index contributed by atoms with van der Waals surface area (Å²) in [6, 6.07) is 0. The molecule has 0 saturated carbocycles. The zero-order valence-electron chi connectivity index (χ0n) is 8.81. The van der Waals surface area contributed by atoms with Crippen LogP contribution in [-0.4, -0.2) is 16.3 Å². The predicted octanol–water partition coefficient (Wildman–Crippen LogP) is 3.55. The molecule has 0 amide bonds. The van der Waals surface area contributed by atoms with Crippen LogP contribution in [0.4, 0.5) is 13.2 Å². The highest BCUT2D eigenvalue weighted by Gasteiger charge is 2.38. The standard InChI is InChI=1S/C9H17F3O2S/c1-2-3-4-5-6-7-8-14-15(13)9(10,11)12/h2-8H2,1H3. The van der Waals surface area contributed by atoms with Gasteiger partial charge in [0.05, 0.1) is 6.61 Å². The van der Waals surface area contributed by atoms with E-state index in [1.165, 1.54) is 0 Å². The van der Waals surface area contributed by atoms with Crippen molar-refractivity contribution in [1.29, 1.82) is 0 Å². The molecule has 6 heteroatoms. The molecule has 0 aliphatic rings. The van der Waals surface area contributed by atoms with E-state index in [4.69, 9.17) is 0 Å². The first-order valence-electron chi connectivity index (χ1n) is 5.10. The van der Waals surface area contributed by atoms with Crippen LogP contribution in [0.1, 0.15) is 45.4 Å². The molecule has 0 aliphatic heterocycles. The number of alkyl halides is 3. The summed E-state index contributed by atoms with van der Waals surface area (Å²) in [5, 5.41) is 0. The quantitative estimate of drug-likeness (QED) is 0.612. The van der Waals surface area contributed by atoms with Crippen LogP contribution in [0.3, 0.4) is 0 Å². The lowest BCUT2D eigenvalue weighted by Gasteiger charge is -2.05. The van der Waals surface area contributed by atoms with E-state index in [9.17, 15) is 17.4 Å². The maximum absolute atomic E-state index is 11.7. The number of hydrogen-bond acceptors (Lipinski definition) is 2. The van der Waals surface area contributed by atoms with Crippen LogP contribution < -0.4 is 0 Å². The smallest absolute Gasteiger partial charge is 0.284 e. The molecule has 0 N–H and O–H groups in total. The van der Waals surface area contributed by atoms with Gasteiger partial charge in [-0.1, -0.05) is 39.0 Å². The Kier molecular flexibility index (Phi) is 8.04. The molecule has 0 saturated heterocycles. The molecule has 1 atom stereocenters. The molecule has 0 radical (unpaired) electrons. The third kappa shape index (κ3) is 8.87. The van der Waals surface area contributed by atoms with Gasteiger partial charge in [-0.25, -0.2) is 4.21 Å². The second-order valence-corrected chi connectivity index (χ2v) is 4.44. The first kappa shape index (κ1) is 14.9. The molecular formula is C9H17F3O2S. The Morgan fingerprint density at radius 3 is 2.13 bits per heavy atom. The minimum absolute atomic E-state index is 0.0851. The third-order valence-corrected chi connectivity index (χ3v) is 2.64. The fourth-order valence-corrected chi connectivity index (χ4v) is 1.49. The lowest BCUT2D eigenvalue weighted by molar-refractivity contribution is -0.0473. The van der Waals surface area contributed by atoms with Gasteiger partial charge in [-0.2, -0.15) is 13.2 Å². The van der Waals surface area contributed by atoms with E-state index >= 15 is 0 Å². The van der Waals surface area contributed by atoms with Crippen LogP contribution in [0, 0.1) is 0 Å². The van der Waals surface area contributed by atoms with Gasteiger partial charge in [-0.3, -0.25) is 4.18 Å². The first-order chi connectivity index (χ1) is 6.98. The van der Waals surface area contributed by atoms with E-state index in [1.807, 2.05) is 0 Å². The lowest BCUT2D eigenvalue weighted by atomic mass is 10.1. The normalized spacial score (nSPS) is 14.1. The van der Waals surface area contributed by atoms with E-state index in [2.05, 4.69) is 11.1 Å². The second-order valence-electron chi connectivity index (χ2n) is 3.27. The van der Waals surface area contributed by atoms with Crippen molar-refractivity contribution < 1.29 is 21.6 Å². The minimum Gasteiger partial charge on any atom is -0.284 e. The summed E-state index contributed by atoms with van der Waals surface area (Å²) in [6.45, 7) is 2.01. The summed E-state index contributed by atoms with van der Waals surface area (Å²) in [5.41, 5.74) is -4.75. The Morgan fingerprint density at radius 2 is 1.60 bits per heavy atom. The van der Waals surface area contributed by atoms with E-state index < -0.39 is 16.6 Å². The van der Waals surface area contributed by atoms with Crippen molar-refractivity contribution >= 4 is 11.1 Å². The molecule has 92 valence electrons. The summed E-state index contributed by atoms with van der Waals surface area (Å²) < 4.78 is 49.6. The van der Waals surface area contributed by atoms with E-state index in [1.54, 1.807) is 0 Å². The van der Waals surface area contributed by atoms with Gasteiger partial charge in [0.15, 0.2) is 0 Å². The molecule has 1 unspecified atom stereocenters. The first-order valence-corrected chi connectivity index (χ1v) is 6.18. The molecule has 0 fully saturated rings. The third-order valence-electron chi connectivity index (χ3n) is 1.88. The molecule has 0 rings (SSSR count). The monoisotopic (exact) mass is 246 g/mol. The van der Waals surface area contributed by atoms with Gasteiger partial charge < -0.3 is 0 Å². The zero-order chi connectivity index (χ0) is 11.7. The van der Waals surface area contributed by atoms with Gasteiger partial charge in [-0.05, 0) is 6.42 Å². The van der Waals surface area contributed by atoms with Gasteiger partial charge in [0.1, 0.15) is 0 Å². The molecule has 0 aromatic heterocycles. The Bertz CT molecular complexity index is 183. The molecule has 2 nitrogen and oxygen atoms in total. The van der Waals surface area contributed by atoms with Gasteiger partial charge in [0.25, 0.3) is 11.1 Å². The molecule has 0 bridgehead atoms. The van der Waals surface area contributed by atoms with Crippen LogP contribution in [-0.2, 0) is 15.3 Å². The molecule has 0 spiro atoms. The Morgan fingerprint density at radius 1 is 1.07 bits per heavy atom. The highest BCUT2D eigenvalue weighted by atomic mass is 32.2. The summed E-state index contributed by atoms with van der Waals surface area (Å²) in [6.07, 6.45) is 5.74. The highest BCUT2D eigenvalue weighted by molar-refractivity contribution is 7.81. The topological polar surface area (TPSA) is 26.3 Å². The fourth-order valence-electron chi connectivity index (χ4n) is 1.08. The van der Waals surface area contributed by atoms with E-state index in [0.717, 1.165) is 32.1 Å². The number of rotatable bonds is 8. The SMILES string of the molecule is CCCCCCCCOS(=O)C(F)(F)F. The highest BCUT2D eigenvalue weighted by Crippen LogP contribution is 2.20. The van der Waals surface area contributed by atoms with E-state index in [0.29, 0.717) is 6.42 Å². The van der Waals surface area contributed by atoms with Crippen molar-refractivity contribution in [2.24, 2.45) is 0 Å². The number of hydrogen-bond donors (Lipinski definition) is 0. The Balaban J connectivity index is 3.28. The van der Waals surface area contributed by atoms with E-state index in [-0.39, 0.29) is 6.61 Å². The molecule has 0 aliphatic carbocycles. The van der Waals surface area contributed by atoms with Crippen LogP contribution in [0.5, 0.6) is 0 Å². The van der Waals surface area contributed by atoms with Gasteiger partial charge >= 0.3 is 5.51 Å². The average Bonchev–Trinajstić information content (AvgIpc) is 2.14. The second kappa shape index (κ2) is 8.10. The zero-order valence-corrected chi connectivity index (χ0v) is 9.62. The van der Waals surface area contributed by atoms with Crippen LogP contribution in [0.2, 0.25) is 0 Å². The van der Waals surface area contributed by atoms with Crippen molar-refractivity contribution in [1.82, 2.24) is 0 Å². The van der Waals surface area contributed by atoms with Crippen molar-refractivity contribution in [3.8, 4) is 0 Å². The Labute approximate surface area is 90.9 Å². The lowest BCUT2D eigenvalue weighted by Crippen LogP contribution is -2.18. The van der Waals surface area contributed by atoms with Gasteiger partial charge in [0, 0.05) is 0 Å². The Hall–Kier alpha value is -0.100. The van der Waals surface area contributed by atoms with Crippen molar-refractivity contribution in [3.63, 3.8) is 0 Å². The number of halogens is 3. The average molecular weight is 246 g/mol. The summed E-state index contributed by atoms with van der Waals surface area (Å²) in [4.78, 5) is 0. The fraction of sp³-hybridized carbons (Fsp3) is 1.00. The molecule has 0 heterocycles. The predicted molar refractivity (Wildman–Crippen MR) is 53.5 cm³/mol. The summed E-state index contributed by atoms with van der Waals surface area (Å²) in [7, 11) is 0. The number of unbranched alkanes of at least 4 members (excludes halogenated alkanes) is 5. The summed E-state index contributed by atoms with van der Waals surface area (Å²) in [5.74, 6) is 0. The maximum Gasteiger partial charge on any atom is 0.497 e. The molecule has 15 heavy (non-hydrogen) atoms. The van der Waals surface area contributed by atoms with Crippen LogP contribution in [0.25, 0.3) is 0 Å². The van der Waals surface area contributed by atoms with Crippen LogP contribution >= 0.6 is 0 Å². The van der Waals surface area contributed by atoms with Gasteiger partial charge in [0.2, 0.25) is 0 Å². The maximum atomic E-state index is 11.7.